The Morgan fingerprint density at radius 1 is 1.11 bits per heavy atom. The van der Waals surface area contributed by atoms with Crippen LogP contribution in [0.25, 0.3) is 0 Å². The first kappa shape index (κ1) is 8.34. The molecule has 0 unspecified atom stereocenters. The van der Waals surface area contributed by atoms with Crippen molar-refractivity contribution >= 4 is 11.4 Å². The Kier molecular flexibility index (Phi) is 2.56. The lowest BCUT2D eigenvalue weighted by Crippen LogP contribution is -1.98. The van der Waals surface area contributed by atoms with Gasteiger partial charge < -0.3 is 0 Å². The van der Waals surface area contributed by atoms with Crippen LogP contribution >= 0.6 is 0 Å². The van der Waals surface area contributed by atoms with Crippen molar-refractivity contribution in [3.8, 4) is 0 Å². The van der Waals surface area contributed by atoms with Gasteiger partial charge in [0.15, 0.2) is 0 Å². The highest BCUT2D eigenvalue weighted by Gasteiger charge is 2.07. The van der Waals surface area contributed by atoms with Crippen molar-refractivity contribution < 1.29 is 0 Å². The summed E-state index contributed by atoms with van der Waals surface area (Å²) in [5.74, 6) is 0. The van der Waals surface area contributed by atoms with Gasteiger partial charge in [0.05, 0.1) is 11.4 Å². The lowest BCUT2D eigenvalue weighted by Gasteiger charge is -1.85. The van der Waals surface area contributed by atoms with Crippen LogP contribution in [0.1, 0.15) is 28.2 Å². The van der Waals surface area contributed by atoms with E-state index in [1.165, 1.54) is 0 Å². The van der Waals surface area contributed by atoms with Gasteiger partial charge in [0.2, 0.25) is 0 Å². The molecule has 0 N–H and O–H groups in total. The van der Waals surface area contributed by atoms with Gasteiger partial charge in [-0.25, -0.2) is 0 Å². The predicted molar refractivity (Wildman–Crippen MR) is 42.4 cm³/mol. The second kappa shape index (κ2) is 2.76. The molecule has 0 bridgehead atoms. The SMILES string of the molecule is C.CC1=NC(C)N=C1C. The Morgan fingerprint density at radius 3 is 1.56 bits per heavy atom. The summed E-state index contributed by atoms with van der Waals surface area (Å²) in [6.45, 7) is 5.96. The zero-order valence-electron chi connectivity index (χ0n) is 5.47. The number of hydrogen-bond acceptors (Lipinski definition) is 2. The first-order valence-corrected chi connectivity index (χ1v) is 2.79. The summed E-state index contributed by atoms with van der Waals surface area (Å²) >= 11 is 0. The molecule has 0 saturated heterocycles. The van der Waals surface area contributed by atoms with Gasteiger partial charge in [0.25, 0.3) is 0 Å². The monoisotopic (exact) mass is 126 g/mol. The van der Waals surface area contributed by atoms with Crippen molar-refractivity contribution in [3.05, 3.63) is 0 Å². The van der Waals surface area contributed by atoms with Gasteiger partial charge >= 0.3 is 0 Å². The van der Waals surface area contributed by atoms with Crippen molar-refractivity contribution in [1.82, 2.24) is 0 Å². The van der Waals surface area contributed by atoms with Crippen LogP contribution in [0.5, 0.6) is 0 Å². The van der Waals surface area contributed by atoms with Gasteiger partial charge in [-0.1, -0.05) is 7.43 Å². The van der Waals surface area contributed by atoms with E-state index in [1.54, 1.807) is 0 Å². The Hall–Kier alpha value is -0.660. The zero-order chi connectivity index (χ0) is 6.15. The minimum Gasteiger partial charge on any atom is -0.262 e. The summed E-state index contributed by atoms with van der Waals surface area (Å²) < 4.78 is 0. The molecule has 0 aromatic heterocycles. The van der Waals surface area contributed by atoms with Gasteiger partial charge in [-0.15, -0.1) is 0 Å². The number of hydrogen-bond donors (Lipinski definition) is 0. The maximum atomic E-state index is 4.18. The lowest BCUT2D eigenvalue weighted by atomic mass is 10.3. The smallest absolute Gasteiger partial charge is 0.137 e. The van der Waals surface area contributed by atoms with Crippen LogP contribution in [-0.4, -0.2) is 17.6 Å². The standard InChI is InChI=1S/C6H10N2.CH4/c1-4-5(2)8-6(3)7-4;/h6H,1-3H3;1H4. The van der Waals surface area contributed by atoms with Gasteiger partial charge in [-0.2, -0.15) is 0 Å². The van der Waals surface area contributed by atoms with Gasteiger partial charge in [0.1, 0.15) is 6.17 Å². The molecule has 0 aromatic rings. The van der Waals surface area contributed by atoms with E-state index < -0.39 is 0 Å². The second-order valence-electron chi connectivity index (χ2n) is 2.06. The first-order chi connectivity index (χ1) is 3.70. The molecule has 9 heavy (non-hydrogen) atoms. The normalized spacial score (nSPS) is 18.6. The van der Waals surface area contributed by atoms with Crippen molar-refractivity contribution in [3.63, 3.8) is 0 Å². The molecular weight excluding hydrogens is 112 g/mol. The molecule has 1 aliphatic rings. The summed E-state index contributed by atoms with van der Waals surface area (Å²) in [5.41, 5.74) is 2.16. The zero-order valence-corrected chi connectivity index (χ0v) is 5.47. The van der Waals surface area contributed by atoms with E-state index >= 15 is 0 Å². The number of aliphatic imine (C=N–C) groups is 2. The van der Waals surface area contributed by atoms with E-state index in [0.717, 1.165) is 11.4 Å². The van der Waals surface area contributed by atoms with Crippen molar-refractivity contribution in [2.75, 3.05) is 0 Å². The number of rotatable bonds is 0. The van der Waals surface area contributed by atoms with Crippen LogP contribution in [-0.2, 0) is 0 Å². The lowest BCUT2D eigenvalue weighted by molar-refractivity contribution is 0.813. The van der Waals surface area contributed by atoms with Crippen molar-refractivity contribution in [1.29, 1.82) is 0 Å². The van der Waals surface area contributed by atoms with Gasteiger partial charge in [0, 0.05) is 0 Å². The fraction of sp³-hybridized carbons (Fsp3) is 0.714. The van der Waals surface area contributed by atoms with Crippen LogP contribution in [0.15, 0.2) is 9.98 Å². The molecule has 1 heterocycles. The summed E-state index contributed by atoms with van der Waals surface area (Å²) in [6.07, 6.45) is 0.176. The number of nitrogens with zero attached hydrogens (tertiary/aromatic N) is 2. The van der Waals surface area contributed by atoms with Gasteiger partial charge in [-0.3, -0.25) is 9.98 Å². The van der Waals surface area contributed by atoms with Crippen LogP contribution in [0.4, 0.5) is 0 Å². The highest BCUT2D eigenvalue weighted by atomic mass is 15.0. The molecule has 0 spiro atoms. The molecule has 0 radical (unpaired) electrons. The molecule has 52 valence electrons. The highest BCUT2D eigenvalue weighted by molar-refractivity contribution is 6.41. The van der Waals surface area contributed by atoms with E-state index in [0.29, 0.717) is 0 Å². The van der Waals surface area contributed by atoms with Gasteiger partial charge in [-0.05, 0) is 20.8 Å². The molecular formula is C7H14N2. The van der Waals surface area contributed by atoms with Crippen LogP contribution in [0.3, 0.4) is 0 Å². The fourth-order valence-corrected chi connectivity index (χ4v) is 0.776. The maximum absolute atomic E-state index is 4.18. The second-order valence-corrected chi connectivity index (χ2v) is 2.06. The Morgan fingerprint density at radius 2 is 1.44 bits per heavy atom. The van der Waals surface area contributed by atoms with Crippen molar-refractivity contribution in [2.45, 2.75) is 34.4 Å². The third-order valence-electron chi connectivity index (χ3n) is 1.28. The molecule has 0 fully saturated rings. The molecule has 0 amide bonds. The molecule has 0 aromatic carbocycles. The van der Waals surface area contributed by atoms with E-state index in [9.17, 15) is 0 Å². The Labute approximate surface area is 56.7 Å². The Balaban J connectivity index is 0.000000640. The summed E-state index contributed by atoms with van der Waals surface area (Å²) in [4.78, 5) is 8.37. The van der Waals surface area contributed by atoms with Crippen molar-refractivity contribution in [2.24, 2.45) is 9.98 Å². The molecule has 0 atom stereocenters. The molecule has 0 saturated carbocycles. The largest absolute Gasteiger partial charge is 0.262 e. The van der Waals surface area contributed by atoms with E-state index in [-0.39, 0.29) is 13.6 Å². The third kappa shape index (κ3) is 1.63. The molecule has 0 aliphatic carbocycles. The van der Waals surface area contributed by atoms with E-state index in [1.807, 2.05) is 20.8 Å². The van der Waals surface area contributed by atoms with E-state index in [2.05, 4.69) is 9.98 Å². The topological polar surface area (TPSA) is 24.7 Å². The quantitative estimate of drug-likeness (QED) is 0.473. The molecule has 1 rings (SSSR count). The predicted octanol–water partition coefficient (Wildman–Crippen LogP) is 1.90. The third-order valence-corrected chi connectivity index (χ3v) is 1.28. The summed E-state index contributed by atoms with van der Waals surface area (Å²) in [7, 11) is 0. The molecule has 1 aliphatic heterocycles. The average Bonchev–Trinajstić information content (AvgIpc) is 1.85. The Bertz CT molecular complexity index is 138. The fourth-order valence-electron chi connectivity index (χ4n) is 0.776. The summed E-state index contributed by atoms with van der Waals surface area (Å²) in [6, 6.07) is 0. The highest BCUT2D eigenvalue weighted by Crippen LogP contribution is 2.02. The maximum Gasteiger partial charge on any atom is 0.137 e. The summed E-state index contributed by atoms with van der Waals surface area (Å²) in [5, 5.41) is 0. The average molecular weight is 126 g/mol. The first-order valence-electron chi connectivity index (χ1n) is 2.79. The minimum atomic E-state index is 0. The van der Waals surface area contributed by atoms with Crippen LogP contribution < -0.4 is 0 Å². The minimum absolute atomic E-state index is 0. The molecule has 2 heteroatoms. The van der Waals surface area contributed by atoms with Crippen LogP contribution in [0, 0.1) is 0 Å². The van der Waals surface area contributed by atoms with E-state index in [4.69, 9.17) is 0 Å². The molecule has 2 nitrogen and oxygen atoms in total. The van der Waals surface area contributed by atoms with Crippen LogP contribution in [0.2, 0.25) is 0 Å².